The van der Waals surface area contributed by atoms with Crippen molar-refractivity contribution in [1.82, 2.24) is 4.90 Å². The number of carbonyl (C=O) groups is 2. The van der Waals surface area contributed by atoms with Crippen LogP contribution in [0.3, 0.4) is 0 Å². The van der Waals surface area contributed by atoms with Gasteiger partial charge in [0, 0.05) is 35.6 Å². The lowest BCUT2D eigenvalue weighted by Gasteiger charge is -2.26. The molecule has 1 fully saturated rings. The average Bonchev–Trinajstić information content (AvgIpc) is 2.64. The largest absolute Gasteiger partial charge is 0.399 e. The van der Waals surface area contributed by atoms with Crippen molar-refractivity contribution in [1.29, 1.82) is 0 Å². The van der Waals surface area contributed by atoms with Gasteiger partial charge in [0.05, 0.1) is 0 Å². The molecule has 0 spiro atoms. The van der Waals surface area contributed by atoms with Gasteiger partial charge in [-0.3, -0.25) is 9.59 Å². The predicted octanol–water partition coefficient (Wildman–Crippen LogP) is 3.88. The van der Waals surface area contributed by atoms with Gasteiger partial charge in [-0.1, -0.05) is 12.1 Å². The molecule has 0 saturated carbocycles. The molecule has 1 saturated heterocycles. The van der Waals surface area contributed by atoms with E-state index >= 15 is 0 Å². The molecule has 2 aromatic carbocycles. The number of hydrogen-bond acceptors (Lipinski definition) is 3. The van der Waals surface area contributed by atoms with E-state index < -0.39 is 0 Å². The minimum absolute atomic E-state index is 0. The fourth-order valence-corrected chi connectivity index (χ4v) is 3.09. The van der Waals surface area contributed by atoms with Gasteiger partial charge >= 0.3 is 0 Å². The monoisotopic (exact) mass is 373 g/mol. The molecule has 0 radical (unpaired) electrons. The number of amides is 2. The molecule has 2 aromatic rings. The lowest BCUT2D eigenvalue weighted by atomic mass is 10.1. The number of nitrogens with zero attached hydrogens (tertiary/aromatic N) is 1. The first-order valence-corrected chi connectivity index (χ1v) is 8.61. The Balaban J connectivity index is 0.00000243. The maximum absolute atomic E-state index is 12.6. The van der Waals surface area contributed by atoms with E-state index in [9.17, 15) is 9.59 Å². The SMILES string of the molecule is Cc1ccc(N)cc1C(=O)Nc1cccc(C(=O)N2CCCCC2)c1.Cl. The zero-order valence-corrected chi connectivity index (χ0v) is 15.6. The highest BCUT2D eigenvalue weighted by molar-refractivity contribution is 6.06. The third-order valence-electron chi connectivity index (χ3n) is 4.52. The van der Waals surface area contributed by atoms with Crippen LogP contribution in [-0.4, -0.2) is 29.8 Å². The average molecular weight is 374 g/mol. The molecule has 0 aliphatic carbocycles. The summed E-state index contributed by atoms with van der Waals surface area (Å²) in [6.07, 6.45) is 3.28. The number of anilines is 2. The molecule has 6 heteroatoms. The summed E-state index contributed by atoms with van der Waals surface area (Å²) in [4.78, 5) is 27.0. The molecule has 2 amide bonds. The molecule has 0 bridgehead atoms. The molecule has 0 atom stereocenters. The van der Waals surface area contributed by atoms with Crippen LogP contribution in [0.4, 0.5) is 11.4 Å². The normalized spacial score (nSPS) is 13.7. The van der Waals surface area contributed by atoms with E-state index in [1.807, 2.05) is 17.9 Å². The van der Waals surface area contributed by atoms with Crippen molar-refractivity contribution < 1.29 is 9.59 Å². The highest BCUT2D eigenvalue weighted by Crippen LogP contribution is 2.19. The Hall–Kier alpha value is -2.53. The van der Waals surface area contributed by atoms with Crippen LogP contribution in [0.25, 0.3) is 0 Å². The number of nitrogens with two attached hydrogens (primary N) is 1. The zero-order valence-electron chi connectivity index (χ0n) is 14.8. The van der Waals surface area contributed by atoms with Gasteiger partial charge in [-0.2, -0.15) is 0 Å². The van der Waals surface area contributed by atoms with E-state index in [1.165, 1.54) is 6.42 Å². The molecule has 138 valence electrons. The topological polar surface area (TPSA) is 75.4 Å². The van der Waals surface area contributed by atoms with Crippen LogP contribution < -0.4 is 11.1 Å². The number of nitrogen functional groups attached to an aromatic ring is 1. The Bertz CT molecular complexity index is 801. The number of benzene rings is 2. The van der Waals surface area contributed by atoms with Gasteiger partial charge in [0.25, 0.3) is 11.8 Å². The van der Waals surface area contributed by atoms with E-state index in [2.05, 4.69) is 5.32 Å². The Morgan fingerprint density at radius 2 is 1.77 bits per heavy atom. The molecular weight excluding hydrogens is 350 g/mol. The summed E-state index contributed by atoms with van der Waals surface area (Å²) in [6, 6.07) is 12.3. The molecule has 1 aliphatic heterocycles. The van der Waals surface area contributed by atoms with Crippen molar-refractivity contribution >= 4 is 35.6 Å². The van der Waals surface area contributed by atoms with Crippen molar-refractivity contribution in [2.45, 2.75) is 26.2 Å². The summed E-state index contributed by atoms with van der Waals surface area (Å²) in [5.74, 6) is -0.205. The van der Waals surface area contributed by atoms with E-state index in [0.717, 1.165) is 31.5 Å². The maximum atomic E-state index is 12.6. The van der Waals surface area contributed by atoms with Gasteiger partial charge in [-0.15, -0.1) is 12.4 Å². The first kappa shape index (κ1) is 19.8. The molecule has 3 rings (SSSR count). The number of carbonyl (C=O) groups excluding carboxylic acids is 2. The van der Waals surface area contributed by atoms with Gasteiger partial charge in [-0.25, -0.2) is 0 Å². The van der Waals surface area contributed by atoms with Crippen molar-refractivity contribution in [2.75, 3.05) is 24.1 Å². The third kappa shape index (κ3) is 4.55. The van der Waals surface area contributed by atoms with Gasteiger partial charge in [0.1, 0.15) is 0 Å². The van der Waals surface area contributed by atoms with Crippen LogP contribution in [0, 0.1) is 6.92 Å². The Morgan fingerprint density at radius 3 is 2.50 bits per heavy atom. The smallest absolute Gasteiger partial charge is 0.256 e. The Kier molecular flexibility index (Phi) is 6.64. The molecule has 0 aromatic heterocycles. The number of nitrogens with one attached hydrogen (secondary N) is 1. The van der Waals surface area contributed by atoms with Crippen LogP contribution in [-0.2, 0) is 0 Å². The first-order chi connectivity index (χ1) is 12.0. The van der Waals surface area contributed by atoms with Gasteiger partial charge < -0.3 is 16.0 Å². The standard InChI is InChI=1S/C20H23N3O2.ClH/c1-14-8-9-16(21)13-18(14)19(24)22-17-7-5-6-15(12-17)20(25)23-10-3-2-4-11-23;/h5-9,12-13H,2-4,10-11,21H2,1H3,(H,22,24);1H. The molecule has 1 aliphatic rings. The van der Waals surface area contributed by atoms with E-state index in [0.29, 0.717) is 22.5 Å². The second-order valence-electron chi connectivity index (χ2n) is 6.46. The number of aryl methyl sites for hydroxylation is 1. The predicted molar refractivity (Wildman–Crippen MR) is 107 cm³/mol. The summed E-state index contributed by atoms with van der Waals surface area (Å²) in [5, 5.41) is 2.86. The zero-order chi connectivity index (χ0) is 17.8. The van der Waals surface area contributed by atoms with Crippen molar-refractivity contribution in [3.8, 4) is 0 Å². The number of likely N-dealkylation sites (tertiary alicyclic amines) is 1. The number of rotatable bonds is 3. The summed E-state index contributed by atoms with van der Waals surface area (Å²) < 4.78 is 0. The van der Waals surface area contributed by atoms with Crippen molar-refractivity contribution in [3.63, 3.8) is 0 Å². The molecule has 26 heavy (non-hydrogen) atoms. The van der Waals surface area contributed by atoms with E-state index in [-0.39, 0.29) is 24.2 Å². The maximum Gasteiger partial charge on any atom is 0.256 e. The van der Waals surface area contributed by atoms with Crippen LogP contribution in [0.5, 0.6) is 0 Å². The third-order valence-corrected chi connectivity index (χ3v) is 4.52. The summed E-state index contributed by atoms with van der Waals surface area (Å²) >= 11 is 0. The van der Waals surface area contributed by atoms with Crippen LogP contribution in [0.2, 0.25) is 0 Å². The summed E-state index contributed by atoms with van der Waals surface area (Å²) in [7, 11) is 0. The van der Waals surface area contributed by atoms with Crippen LogP contribution in [0.15, 0.2) is 42.5 Å². The van der Waals surface area contributed by atoms with Gasteiger partial charge in [-0.05, 0) is 62.1 Å². The number of piperidine rings is 1. The van der Waals surface area contributed by atoms with Gasteiger partial charge in [0.15, 0.2) is 0 Å². The highest BCUT2D eigenvalue weighted by atomic mass is 35.5. The fourth-order valence-electron chi connectivity index (χ4n) is 3.09. The molecular formula is C20H24ClN3O2. The molecule has 5 nitrogen and oxygen atoms in total. The Labute approximate surface area is 160 Å². The summed E-state index contributed by atoms with van der Waals surface area (Å²) in [6.45, 7) is 3.47. The van der Waals surface area contributed by atoms with E-state index in [1.54, 1.807) is 36.4 Å². The molecule has 1 heterocycles. The lowest BCUT2D eigenvalue weighted by Crippen LogP contribution is -2.35. The van der Waals surface area contributed by atoms with Crippen LogP contribution >= 0.6 is 12.4 Å². The van der Waals surface area contributed by atoms with E-state index in [4.69, 9.17) is 5.73 Å². The lowest BCUT2D eigenvalue weighted by molar-refractivity contribution is 0.0724. The summed E-state index contributed by atoms with van der Waals surface area (Å²) in [5.41, 5.74) is 8.92. The number of halogens is 1. The molecule has 0 unspecified atom stereocenters. The highest BCUT2D eigenvalue weighted by Gasteiger charge is 2.18. The minimum Gasteiger partial charge on any atom is -0.399 e. The second-order valence-corrected chi connectivity index (χ2v) is 6.46. The minimum atomic E-state index is -0.229. The first-order valence-electron chi connectivity index (χ1n) is 8.61. The number of hydrogen-bond donors (Lipinski definition) is 2. The second kappa shape index (κ2) is 8.72. The van der Waals surface area contributed by atoms with Crippen molar-refractivity contribution in [3.05, 3.63) is 59.2 Å². The fraction of sp³-hybridized carbons (Fsp3) is 0.300. The van der Waals surface area contributed by atoms with Crippen LogP contribution in [0.1, 0.15) is 45.5 Å². The van der Waals surface area contributed by atoms with Crippen molar-refractivity contribution in [2.24, 2.45) is 0 Å². The van der Waals surface area contributed by atoms with Gasteiger partial charge in [0.2, 0.25) is 0 Å². The Morgan fingerprint density at radius 1 is 1.04 bits per heavy atom. The quantitative estimate of drug-likeness (QED) is 0.801. The molecule has 3 N–H and O–H groups in total.